The van der Waals surface area contributed by atoms with Gasteiger partial charge in [-0.25, -0.2) is 4.79 Å². The summed E-state index contributed by atoms with van der Waals surface area (Å²) in [7, 11) is 4.39. The third kappa shape index (κ3) is 9.04. The lowest BCUT2D eigenvalue weighted by Gasteiger charge is -2.36. The number of anilines is 2. The number of carbonyl (C=O) groups excluding carboxylic acids is 3. The highest BCUT2D eigenvalue weighted by Crippen LogP contribution is 2.30. The number of likely N-dealkylation sites (tertiary alicyclic amines) is 1. The largest absolute Gasteiger partial charge is 1.00 e. The minimum Gasteiger partial charge on any atom is -1.00 e. The predicted molar refractivity (Wildman–Crippen MR) is 155 cm³/mol. The molecule has 9 heteroatoms. The number of hydrogen-bond acceptors (Lipinski definition) is 4. The van der Waals surface area contributed by atoms with E-state index in [0.717, 1.165) is 47.1 Å². The second-order valence-electron chi connectivity index (χ2n) is 10.6. The van der Waals surface area contributed by atoms with Gasteiger partial charge in [-0.1, -0.05) is 54.1 Å². The fourth-order valence-electron chi connectivity index (χ4n) is 4.74. The summed E-state index contributed by atoms with van der Waals surface area (Å²) in [5.41, 5.74) is 4.51. The van der Waals surface area contributed by atoms with Crippen molar-refractivity contribution in [3.8, 4) is 11.1 Å². The molecule has 1 fully saturated rings. The molecule has 0 aliphatic carbocycles. The highest BCUT2D eigenvalue weighted by atomic mass is 127. The summed E-state index contributed by atoms with van der Waals surface area (Å²) in [6.07, 6.45) is 3.44. The summed E-state index contributed by atoms with van der Waals surface area (Å²) < 4.78 is 6.71. The highest BCUT2D eigenvalue weighted by Gasteiger charge is 2.28. The quantitative estimate of drug-likeness (QED) is 0.207. The summed E-state index contributed by atoms with van der Waals surface area (Å²) in [5.74, 6) is -0.159. The van der Waals surface area contributed by atoms with Crippen LogP contribution in [-0.2, 0) is 16.0 Å². The van der Waals surface area contributed by atoms with Gasteiger partial charge >= 0.3 is 6.09 Å². The van der Waals surface area contributed by atoms with Crippen molar-refractivity contribution in [2.45, 2.75) is 38.2 Å². The topological polar surface area (TPSA) is 84.5 Å². The maximum Gasteiger partial charge on any atom is 0.411 e. The number of nitrogens with zero attached hydrogens (tertiary/aromatic N) is 1. The summed E-state index contributed by atoms with van der Waals surface area (Å²) in [5, 5.41) is 6.10. The van der Waals surface area contributed by atoms with E-state index in [0.29, 0.717) is 47.5 Å². The first-order chi connectivity index (χ1) is 18.7. The zero-order valence-corrected chi connectivity index (χ0v) is 25.7. The monoisotopic (exact) mass is 675 g/mol. The number of benzene rings is 3. The number of ether oxygens (including phenoxy) is 1. The Bertz CT molecular complexity index is 1320. The van der Waals surface area contributed by atoms with E-state index in [1.807, 2.05) is 48.5 Å². The van der Waals surface area contributed by atoms with Crippen LogP contribution in [0.5, 0.6) is 0 Å². The van der Waals surface area contributed by atoms with Crippen LogP contribution in [0.3, 0.4) is 0 Å². The predicted octanol–water partition coefficient (Wildman–Crippen LogP) is 3.57. The average molecular weight is 676 g/mol. The normalized spacial score (nSPS) is 14.5. The number of carbonyl (C=O) groups is 3. The van der Waals surface area contributed by atoms with Gasteiger partial charge in [0.1, 0.15) is 12.4 Å². The van der Waals surface area contributed by atoms with Crippen LogP contribution in [0.25, 0.3) is 11.1 Å². The standard InChI is InChI=1S/C31H34ClN3O4.HI/c1-35(2)17-15-25(16-18-35)39-31(38)34-29-20-22(11-13-26(29)24-8-4-3-5-9-24)7-6-10-30(37)33-28-14-12-23(21-36)19-27(28)32;/h3-5,8-9,11-14,19-21,25H,6-7,10,15-18H2,1-2H3,(H-,33,34,36,37,38);1H. The van der Waals surface area contributed by atoms with E-state index in [2.05, 4.69) is 24.7 Å². The van der Waals surface area contributed by atoms with Crippen LogP contribution in [-0.4, -0.2) is 56.1 Å². The number of rotatable bonds is 9. The van der Waals surface area contributed by atoms with Gasteiger partial charge in [0.25, 0.3) is 0 Å². The van der Waals surface area contributed by atoms with Crippen molar-refractivity contribution in [1.29, 1.82) is 0 Å². The molecule has 1 aliphatic rings. The molecule has 212 valence electrons. The Labute approximate surface area is 257 Å². The SMILES string of the molecule is C[N+]1(C)CCC(OC(=O)Nc2cc(CCCC(=O)Nc3ccc(C=O)cc3Cl)ccc2-c2ccccc2)CC1.[I-]. The van der Waals surface area contributed by atoms with E-state index in [-0.39, 0.29) is 36.0 Å². The molecule has 0 radical (unpaired) electrons. The van der Waals surface area contributed by atoms with Gasteiger partial charge in [-0.05, 0) is 48.2 Å². The van der Waals surface area contributed by atoms with Crippen molar-refractivity contribution in [1.82, 2.24) is 0 Å². The van der Waals surface area contributed by atoms with E-state index in [1.165, 1.54) is 6.07 Å². The van der Waals surface area contributed by atoms with Gasteiger partial charge in [0.05, 0.1) is 43.6 Å². The molecule has 2 amide bonds. The molecule has 0 spiro atoms. The third-order valence-corrected chi connectivity index (χ3v) is 7.38. The maximum atomic E-state index is 12.9. The first-order valence-electron chi connectivity index (χ1n) is 13.2. The number of aldehydes is 1. The number of amides is 2. The zero-order chi connectivity index (χ0) is 27.8. The molecule has 0 saturated carbocycles. The molecule has 1 heterocycles. The lowest BCUT2D eigenvalue weighted by atomic mass is 9.99. The van der Waals surface area contributed by atoms with E-state index < -0.39 is 6.09 Å². The highest BCUT2D eigenvalue weighted by molar-refractivity contribution is 6.34. The van der Waals surface area contributed by atoms with Crippen LogP contribution < -0.4 is 34.6 Å². The van der Waals surface area contributed by atoms with Gasteiger partial charge < -0.3 is 38.5 Å². The second-order valence-corrected chi connectivity index (χ2v) is 11.0. The van der Waals surface area contributed by atoms with Gasteiger partial charge in [0, 0.05) is 30.4 Å². The Morgan fingerprint density at radius 1 is 0.975 bits per heavy atom. The van der Waals surface area contributed by atoms with Crippen molar-refractivity contribution < 1.29 is 47.6 Å². The molecule has 0 unspecified atom stereocenters. The molecule has 0 bridgehead atoms. The van der Waals surface area contributed by atoms with Gasteiger partial charge in [0.15, 0.2) is 0 Å². The molecule has 3 aromatic carbocycles. The van der Waals surface area contributed by atoms with Gasteiger partial charge in [-0.2, -0.15) is 0 Å². The van der Waals surface area contributed by atoms with Gasteiger partial charge in [0.2, 0.25) is 5.91 Å². The molecular formula is C31H35ClIN3O4. The molecule has 2 N–H and O–H groups in total. The first-order valence-corrected chi connectivity index (χ1v) is 13.6. The van der Waals surface area contributed by atoms with Crippen molar-refractivity contribution in [2.24, 2.45) is 0 Å². The van der Waals surface area contributed by atoms with Crippen LogP contribution in [0.2, 0.25) is 5.02 Å². The van der Waals surface area contributed by atoms with Gasteiger partial charge in [-0.3, -0.25) is 14.9 Å². The molecule has 40 heavy (non-hydrogen) atoms. The fourth-order valence-corrected chi connectivity index (χ4v) is 4.98. The van der Waals surface area contributed by atoms with Crippen molar-refractivity contribution in [3.05, 3.63) is 82.9 Å². The molecule has 3 aromatic rings. The summed E-state index contributed by atoms with van der Waals surface area (Å²) in [6, 6.07) is 20.6. The Hall–Kier alpha value is -2.95. The van der Waals surface area contributed by atoms with Crippen LogP contribution in [0, 0.1) is 0 Å². The Balaban J connectivity index is 0.00000441. The van der Waals surface area contributed by atoms with Crippen LogP contribution in [0.4, 0.5) is 16.2 Å². The Morgan fingerprint density at radius 2 is 1.70 bits per heavy atom. The smallest absolute Gasteiger partial charge is 0.411 e. The zero-order valence-electron chi connectivity index (χ0n) is 22.8. The maximum absolute atomic E-state index is 12.9. The summed E-state index contributed by atoms with van der Waals surface area (Å²) >= 11 is 6.16. The van der Waals surface area contributed by atoms with Gasteiger partial charge in [-0.15, -0.1) is 0 Å². The number of piperidine rings is 1. The molecular weight excluding hydrogens is 641 g/mol. The number of halogens is 2. The number of aryl methyl sites for hydroxylation is 1. The van der Waals surface area contributed by atoms with Crippen LogP contribution >= 0.6 is 11.6 Å². The molecule has 1 aliphatic heterocycles. The molecule has 1 saturated heterocycles. The van der Waals surface area contributed by atoms with Crippen molar-refractivity contribution in [3.63, 3.8) is 0 Å². The number of quaternary nitrogens is 1. The minimum absolute atomic E-state index is 0. The Kier molecular flexibility index (Phi) is 11.5. The first kappa shape index (κ1) is 31.6. The number of hydrogen-bond donors (Lipinski definition) is 2. The molecule has 0 atom stereocenters. The summed E-state index contributed by atoms with van der Waals surface area (Å²) in [6.45, 7) is 1.96. The molecule has 0 aromatic heterocycles. The summed E-state index contributed by atoms with van der Waals surface area (Å²) in [4.78, 5) is 36.2. The Morgan fingerprint density at radius 3 is 2.38 bits per heavy atom. The van der Waals surface area contributed by atoms with E-state index in [1.54, 1.807) is 12.1 Å². The van der Waals surface area contributed by atoms with Crippen molar-refractivity contribution in [2.75, 3.05) is 37.8 Å². The van der Waals surface area contributed by atoms with E-state index >= 15 is 0 Å². The van der Waals surface area contributed by atoms with Crippen molar-refractivity contribution >= 4 is 41.3 Å². The fraction of sp³-hybridized carbons (Fsp3) is 0.323. The average Bonchev–Trinajstić information content (AvgIpc) is 2.91. The van der Waals surface area contributed by atoms with Crippen LogP contribution in [0.1, 0.15) is 41.6 Å². The van der Waals surface area contributed by atoms with Crippen LogP contribution in [0.15, 0.2) is 66.7 Å². The minimum atomic E-state index is -0.446. The molecule has 7 nitrogen and oxygen atoms in total. The lowest BCUT2D eigenvalue weighted by molar-refractivity contribution is -0.896. The third-order valence-electron chi connectivity index (χ3n) is 7.06. The number of nitrogens with one attached hydrogen (secondary N) is 2. The van der Waals surface area contributed by atoms with E-state index in [9.17, 15) is 14.4 Å². The van der Waals surface area contributed by atoms with E-state index in [4.69, 9.17) is 16.3 Å². The lowest BCUT2D eigenvalue weighted by Crippen LogP contribution is -3.00. The second kappa shape index (κ2) is 14.6. The molecule has 4 rings (SSSR count).